The highest BCUT2D eigenvalue weighted by Crippen LogP contribution is 2.23. The van der Waals surface area contributed by atoms with Gasteiger partial charge in [0, 0.05) is 24.5 Å². The summed E-state index contributed by atoms with van der Waals surface area (Å²) in [4.78, 5) is 4.35. The van der Waals surface area contributed by atoms with Crippen LogP contribution in [0.3, 0.4) is 0 Å². The van der Waals surface area contributed by atoms with Gasteiger partial charge in [-0.25, -0.2) is 4.98 Å². The summed E-state index contributed by atoms with van der Waals surface area (Å²) in [5, 5.41) is 13.8. The third-order valence-corrected chi connectivity index (χ3v) is 3.54. The highest BCUT2D eigenvalue weighted by molar-refractivity contribution is 5.40. The number of piperidine rings is 1. The van der Waals surface area contributed by atoms with Crippen LogP contribution in [0.2, 0.25) is 0 Å². The summed E-state index contributed by atoms with van der Waals surface area (Å²) >= 11 is 0. The maximum absolute atomic E-state index is 10.5. The van der Waals surface area contributed by atoms with Crippen LogP contribution in [0, 0.1) is 0 Å². The molecule has 0 aromatic carbocycles. The van der Waals surface area contributed by atoms with Crippen molar-refractivity contribution in [2.24, 2.45) is 0 Å². The summed E-state index contributed by atoms with van der Waals surface area (Å²) < 4.78 is 2.06. The van der Waals surface area contributed by atoms with Crippen molar-refractivity contribution in [3.8, 4) is 0 Å². The molecule has 0 atom stereocenters. The largest absolute Gasteiger partial charge is 0.389 e. The van der Waals surface area contributed by atoms with Crippen molar-refractivity contribution in [2.75, 3.05) is 13.1 Å². The van der Waals surface area contributed by atoms with Crippen LogP contribution in [0.15, 0.2) is 30.6 Å². The first-order valence-corrected chi connectivity index (χ1v) is 6.11. The summed E-state index contributed by atoms with van der Waals surface area (Å²) in [6, 6.07) is 5.95. The van der Waals surface area contributed by atoms with E-state index in [-0.39, 0.29) is 0 Å². The summed E-state index contributed by atoms with van der Waals surface area (Å²) in [5.74, 6) is 0. The second kappa shape index (κ2) is 4.13. The van der Waals surface area contributed by atoms with E-state index in [1.165, 1.54) is 0 Å². The number of aromatic nitrogens is 2. The lowest BCUT2D eigenvalue weighted by Crippen LogP contribution is -2.43. The third-order valence-electron chi connectivity index (χ3n) is 3.54. The van der Waals surface area contributed by atoms with Crippen molar-refractivity contribution in [3.63, 3.8) is 0 Å². The Bertz CT molecular complexity index is 514. The van der Waals surface area contributed by atoms with Crippen LogP contribution in [0.1, 0.15) is 18.5 Å². The maximum Gasteiger partial charge on any atom is 0.136 e. The lowest BCUT2D eigenvalue weighted by Gasteiger charge is -2.32. The molecule has 4 heteroatoms. The molecular weight excluding hydrogens is 214 g/mol. The highest BCUT2D eigenvalue weighted by atomic mass is 16.3. The van der Waals surface area contributed by atoms with Gasteiger partial charge in [0.1, 0.15) is 5.65 Å². The van der Waals surface area contributed by atoms with Gasteiger partial charge in [-0.05, 0) is 38.1 Å². The van der Waals surface area contributed by atoms with Crippen molar-refractivity contribution in [1.82, 2.24) is 14.7 Å². The molecule has 0 amide bonds. The minimum absolute atomic E-state index is 0.572. The number of hydrogen-bond acceptors (Lipinski definition) is 3. The standard InChI is InChI=1S/C13H17N3O/c17-13(4-6-14-7-5-13)9-11-10-15-12-3-1-2-8-16(11)12/h1-3,8,10,14,17H,4-7,9H2. The first kappa shape index (κ1) is 10.7. The summed E-state index contributed by atoms with van der Waals surface area (Å²) in [5.41, 5.74) is 1.46. The minimum Gasteiger partial charge on any atom is -0.389 e. The zero-order chi connectivity index (χ0) is 11.7. The molecule has 1 aliphatic heterocycles. The fraction of sp³-hybridized carbons (Fsp3) is 0.462. The number of imidazole rings is 1. The number of hydrogen-bond donors (Lipinski definition) is 2. The van der Waals surface area contributed by atoms with Crippen molar-refractivity contribution < 1.29 is 5.11 Å². The maximum atomic E-state index is 10.5. The molecule has 90 valence electrons. The van der Waals surface area contributed by atoms with Gasteiger partial charge in [0.25, 0.3) is 0 Å². The topological polar surface area (TPSA) is 49.6 Å². The molecule has 2 aromatic heterocycles. The molecule has 17 heavy (non-hydrogen) atoms. The van der Waals surface area contributed by atoms with E-state index in [4.69, 9.17) is 0 Å². The fourth-order valence-electron chi connectivity index (χ4n) is 2.52. The first-order valence-electron chi connectivity index (χ1n) is 6.11. The number of nitrogens with zero attached hydrogens (tertiary/aromatic N) is 2. The molecule has 0 bridgehead atoms. The molecule has 3 heterocycles. The second-order valence-electron chi connectivity index (χ2n) is 4.83. The van der Waals surface area contributed by atoms with Crippen LogP contribution in [0.5, 0.6) is 0 Å². The molecule has 1 saturated heterocycles. The SMILES string of the molecule is OC1(Cc2cnc3ccccn23)CCNCC1. The van der Waals surface area contributed by atoms with Crippen LogP contribution < -0.4 is 5.32 Å². The van der Waals surface area contributed by atoms with Crippen molar-refractivity contribution in [3.05, 3.63) is 36.3 Å². The van der Waals surface area contributed by atoms with E-state index in [9.17, 15) is 5.11 Å². The van der Waals surface area contributed by atoms with Gasteiger partial charge in [0.05, 0.1) is 5.60 Å². The summed E-state index contributed by atoms with van der Waals surface area (Å²) in [6.45, 7) is 1.79. The lowest BCUT2D eigenvalue weighted by molar-refractivity contribution is 0.00986. The van der Waals surface area contributed by atoms with Gasteiger partial charge in [-0.1, -0.05) is 6.07 Å². The average molecular weight is 231 g/mol. The van der Waals surface area contributed by atoms with Crippen LogP contribution in [-0.2, 0) is 6.42 Å². The Morgan fingerprint density at radius 1 is 1.35 bits per heavy atom. The zero-order valence-electron chi connectivity index (χ0n) is 9.76. The number of aliphatic hydroxyl groups is 1. The quantitative estimate of drug-likeness (QED) is 0.810. The van der Waals surface area contributed by atoms with Crippen LogP contribution in [0.25, 0.3) is 5.65 Å². The Kier molecular flexibility index (Phi) is 2.61. The molecule has 0 spiro atoms. The van der Waals surface area contributed by atoms with E-state index in [2.05, 4.69) is 14.7 Å². The smallest absolute Gasteiger partial charge is 0.136 e. The predicted octanol–water partition coefficient (Wildman–Crippen LogP) is 0.991. The normalized spacial score (nSPS) is 19.6. The number of pyridine rings is 1. The minimum atomic E-state index is -0.572. The highest BCUT2D eigenvalue weighted by Gasteiger charge is 2.30. The van der Waals surface area contributed by atoms with E-state index in [0.717, 1.165) is 37.3 Å². The average Bonchev–Trinajstić information content (AvgIpc) is 2.73. The lowest BCUT2D eigenvalue weighted by atomic mass is 9.88. The number of rotatable bonds is 2. The van der Waals surface area contributed by atoms with E-state index < -0.39 is 5.60 Å². The van der Waals surface area contributed by atoms with E-state index in [1.54, 1.807) is 0 Å². The van der Waals surface area contributed by atoms with Crippen molar-refractivity contribution in [2.45, 2.75) is 24.9 Å². The first-order chi connectivity index (χ1) is 8.27. The van der Waals surface area contributed by atoms with Gasteiger partial charge in [0.15, 0.2) is 0 Å². The molecular formula is C13H17N3O. The van der Waals surface area contributed by atoms with Crippen molar-refractivity contribution >= 4 is 5.65 Å². The molecule has 3 rings (SSSR count). The molecule has 0 unspecified atom stereocenters. The Labute approximate surface area is 100 Å². The summed E-state index contributed by atoms with van der Waals surface area (Å²) in [6.07, 6.45) is 6.18. The van der Waals surface area contributed by atoms with Gasteiger partial charge in [-0.2, -0.15) is 0 Å². The van der Waals surface area contributed by atoms with E-state index in [0.29, 0.717) is 6.42 Å². The predicted molar refractivity (Wildman–Crippen MR) is 65.9 cm³/mol. The molecule has 4 nitrogen and oxygen atoms in total. The van der Waals surface area contributed by atoms with Crippen LogP contribution >= 0.6 is 0 Å². The van der Waals surface area contributed by atoms with Gasteiger partial charge in [0.2, 0.25) is 0 Å². The Morgan fingerprint density at radius 3 is 3.00 bits per heavy atom. The van der Waals surface area contributed by atoms with Gasteiger partial charge < -0.3 is 14.8 Å². The Hall–Kier alpha value is -1.39. The summed E-state index contributed by atoms with van der Waals surface area (Å²) in [7, 11) is 0. The number of nitrogens with one attached hydrogen (secondary N) is 1. The molecule has 0 aliphatic carbocycles. The van der Waals surface area contributed by atoms with Crippen LogP contribution in [-0.4, -0.2) is 33.2 Å². The molecule has 2 N–H and O–H groups in total. The fourth-order valence-corrected chi connectivity index (χ4v) is 2.52. The van der Waals surface area contributed by atoms with E-state index in [1.807, 2.05) is 30.6 Å². The molecule has 0 radical (unpaired) electrons. The van der Waals surface area contributed by atoms with E-state index >= 15 is 0 Å². The van der Waals surface area contributed by atoms with Gasteiger partial charge >= 0.3 is 0 Å². The zero-order valence-corrected chi connectivity index (χ0v) is 9.76. The monoisotopic (exact) mass is 231 g/mol. The van der Waals surface area contributed by atoms with Crippen LogP contribution in [0.4, 0.5) is 0 Å². The van der Waals surface area contributed by atoms with Gasteiger partial charge in [-0.15, -0.1) is 0 Å². The Morgan fingerprint density at radius 2 is 2.18 bits per heavy atom. The molecule has 1 fully saturated rings. The molecule has 0 saturated carbocycles. The number of fused-ring (bicyclic) bond motifs is 1. The third kappa shape index (κ3) is 2.06. The Balaban J connectivity index is 1.89. The second-order valence-corrected chi connectivity index (χ2v) is 4.83. The molecule has 2 aromatic rings. The van der Waals surface area contributed by atoms with Gasteiger partial charge in [-0.3, -0.25) is 0 Å². The molecule has 1 aliphatic rings. The van der Waals surface area contributed by atoms with Crippen molar-refractivity contribution in [1.29, 1.82) is 0 Å².